The number of carbonyl (C=O) groups is 5. The van der Waals surface area contributed by atoms with E-state index in [1.807, 2.05) is 0 Å². The molecule has 0 saturated carbocycles. The first-order valence-electron chi connectivity index (χ1n) is 9.30. The number of rotatable bonds is 6. The molecule has 154 valence electrons. The number of nitrogens with zero attached hydrogens (tertiary/aromatic N) is 1. The van der Waals surface area contributed by atoms with Gasteiger partial charge < -0.3 is 10.1 Å². The molecule has 3 rings (SSSR count). The summed E-state index contributed by atoms with van der Waals surface area (Å²) in [6.45, 7) is 4.19. The zero-order valence-corrected chi connectivity index (χ0v) is 16.7. The molecule has 1 aliphatic heterocycles. The minimum Gasteiger partial charge on any atom is -0.451 e. The largest absolute Gasteiger partial charge is 0.451 e. The fourth-order valence-electron chi connectivity index (χ4n) is 3.02. The molecule has 2 aromatic rings. The highest BCUT2D eigenvalue weighted by Crippen LogP contribution is 2.25. The zero-order chi connectivity index (χ0) is 22.0. The summed E-state index contributed by atoms with van der Waals surface area (Å²) < 4.78 is 5.16. The molecule has 0 bridgehead atoms. The van der Waals surface area contributed by atoms with Crippen LogP contribution in [0.1, 0.15) is 51.8 Å². The Hall–Kier alpha value is -3.81. The van der Waals surface area contributed by atoms with Crippen molar-refractivity contribution in [2.24, 2.45) is 0 Å². The van der Waals surface area contributed by atoms with Crippen LogP contribution in [0.25, 0.3) is 0 Å². The second-order valence-electron chi connectivity index (χ2n) is 6.90. The van der Waals surface area contributed by atoms with Crippen LogP contribution in [0.4, 0.5) is 5.69 Å². The fourth-order valence-corrected chi connectivity index (χ4v) is 3.02. The van der Waals surface area contributed by atoms with Crippen molar-refractivity contribution in [3.05, 3.63) is 65.2 Å². The summed E-state index contributed by atoms with van der Waals surface area (Å²) in [6.07, 6.45) is -1.16. The average molecular weight is 408 g/mol. The maximum atomic E-state index is 12.5. The van der Waals surface area contributed by atoms with Gasteiger partial charge in [-0.05, 0) is 57.2 Å². The number of ketones is 1. The normalized spacial score (nSPS) is 14.7. The van der Waals surface area contributed by atoms with Crippen LogP contribution in [-0.2, 0) is 14.3 Å². The van der Waals surface area contributed by atoms with Gasteiger partial charge in [-0.3, -0.25) is 24.1 Å². The molecule has 30 heavy (non-hydrogen) atoms. The van der Waals surface area contributed by atoms with Crippen LogP contribution in [-0.4, -0.2) is 46.5 Å². The lowest BCUT2D eigenvalue weighted by atomic mass is 10.1. The van der Waals surface area contributed by atoms with Crippen LogP contribution in [0.3, 0.4) is 0 Å². The van der Waals surface area contributed by atoms with E-state index < -0.39 is 35.8 Å². The highest BCUT2D eigenvalue weighted by Gasteiger charge is 2.41. The van der Waals surface area contributed by atoms with Crippen molar-refractivity contribution in [2.75, 3.05) is 5.32 Å². The summed E-state index contributed by atoms with van der Waals surface area (Å²) in [7, 11) is 0. The van der Waals surface area contributed by atoms with E-state index in [1.165, 1.54) is 32.9 Å². The molecular formula is C22H20N2O6. The topological polar surface area (TPSA) is 110 Å². The molecule has 0 aromatic heterocycles. The van der Waals surface area contributed by atoms with Gasteiger partial charge in [0.1, 0.15) is 6.04 Å². The quantitative estimate of drug-likeness (QED) is 0.447. The molecule has 8 heteroatoms. The van der Waals surface area contributed by atoms with Crippen molar-refractivity contribution >= 4 is 35.2 Å². The molecule has 2 atom stereocenters. The number of imide groups is 1. The van der Waals surface area contributed by atoms with Crippen LogP contribution in [0.5, 0.6) is 0 Å². The number of hydrogen-bond donors (Lipinski definition) is 1. The van der Waals surface area contributed by atoms with E-state index in [9.17, 15) is 24.0 Å². The number of amides is 3. The first-order chi connectivity index (χ1) is 14.2. The van der Waals surface area contributed by atoms with E-state index in [4.69, 9.17) is 4.74 Å². The minimum absolute atomic E-state index is 0.0997. The highest BCUT2D eigenvalue weighted by atomic mass is 16.5. The third-order valence-corrected chi connectivity index (χ3v) is 4.78. The Morgan fingerprint density at radius 1 is 0.900 bits per heavy atom. The number of fused-ring (bicyclic) bond motifs is 1. The Morgan fingerprint density at radius 2 is 1.43 bits per heavy atom. The van der Waals surface area contributed by atoms with E-state index in [1.54, 1.807) is 36.4 Å². The summed E-state index contributed by atoms with van der Waals surface area (Å²) in [6, 6.07) is 11.4. The van der Waals surface area contributed by atoms with Crippen molar-refractivity contribution < 1.29 is 28.7 Å². The molecule has 2 aromatic carbocycles. The summed E-state index contributed by atoms with van der Waals surface area (Å²) in [5.74, 6) is -2.73. The molecule has 1 N–H and O–H groups in total. The van der Waals surface area contributed by atoms with Gasteiger partial charge in [-0.2, -0.15) is 0 Å². The average Bonchev–Trinajstić information content (AvgIpc) is 2.98. The smallest absolute Gasteiger partial charge is 0.329 e. The SMILES string of the molecule is CC(=O)c1ccc(NC(=O)[C@@H](C)OC(=O)[C@@H](C)N2C(=O)c3ccccc3C2=O)cc1. The van der Waals surface area contributed by atoms with E-state index in [2.05, 4.69) is 5.32 Å². The van der Waals surface area contributed by atoms with E-state index in [0.717, 1.165) is 4.90 Å². The van der Waals surface area contributed by atoms with Crippen LogP contribution in [0.2, 0.25) is 0 Å². The molecule has 0 radical (unpaired) electrons. The predicted octanol–water partition coefficient (Wildman–Crippen LogP) is 2.44. The summed E-state index contributed by atoms with van der Waals surface area (Å²) in [5.41, 5.74) is 1.38. The number of anilines is 1. The number of hydrogen-bond acceptors (Lipinski definition) is 6. The number of nitrogens with one attached hydrogen (secondary N) is 1. The molecule has 0 spiro atoms. The van der Waals surface area contributed by atoms with Gasteiger partial charge in [-0.25, -0.2) is 4.79 Å². The van der Waals surface area contributed by atoms with Crippen molar-refractivity contribution in [3.8, 4) is 0 Å². The molecule has 0 fully saturated rings. The van der Waals surface area contributed by atoms with Crippen LogP contribution >= 0.6 is 0 Å². The van der Waals surface area contributed by atoms with E-state index in [0.29, 0.717) is 11.3 Å². The van der Waals surface area contributed by atoms with Gasteiger partial charge in [0.25, 0.3) is 17.7 Å². The van der Waals surface area contributed by atoms with Crippen LogP contribution < -0.4 is 5.32 Å². The maximum absolute atomic E-state index is 12.5. The van der Waals surface area contributed by atoms with E-state index >= 15 is 0 Å². The number of carbonyl (C=O) groups excluding carboxylic acids is 5. The Morgan fingerprint density at radius 3 is 1.93 bits per heavy atom. The second kappa shape index (κ2) is 8.28. The molecule has 0 aliphatic carbocycles. The number of ether oxygens (including phenoxy) is 1. The van der Waals surface area contributed by atoms with Gasteiger partial charge in [0.15, 0.2) is 11.9 Å². The Kier molecular flexibility index (Phi) is 5.77. The lowest BCUT2D eigenvalue weighted by molar-refractivity contribution is -0.156. The third-order valence-electron chi connectivity index (χ3n) is 4.78. The van der Waals surface area contributed by atoms with Gasteiger partial charge in [-0.15, -0.1) is 0 Å². The van der Waals surface area contributed by atoms with Gasteiger partial charge in [0.2, 0.25) is 0 Å². The maximum Gasteiger partial charge on any atom is 0.329 e. The van der Waals surface area contributed by atoms with Crippen LogP contribution in [0, 0.1) is 0 Å². The van der Waals surface area contributed by atoms with Crippen molar-refractivity contribution in [3.63, 3.8) is 0 Å². The Bertz CT molecular complexity index is 1010. The standard InChI is InChI=1S/C22H20N2O6/c1-12(24-20(27)17-6-4-5-7-18(17)21(24)28)22(29)30-14(3)19(26)23-16-10-8-15(9-11-16)13(2)25/h4-12,14H,1-3H3,(H,23,26)/t12-,14-/m1/s1. The Balaban J connectivity index is 1.62. The van der Waals surface area contributed by atoms with Gasteiger partial charge in [-0.1, -0.05) is 12.1 Å². The predicted molar refractivity (Wildman–Crippen MR) is 107 cm³/mol. The van der Waals surface area contributed by atoms with Crippen LogP contribution in [0.15, 0.2) is 48.5 Å². The highest BCUT2D eigenvalue weighted by molar-refractivity contribution is 6.22. The molecule has 3 amide bonds. The number of esters is 1. The summed E-state index contributed by atoms with van der Waals surface area (Å²) in [4.78, 5) is 61.9. The lowest BCUT2D eigenvalue weighted by Crippen LogP contribution is -2.45. The van der Waals surface area contributed by atoms with Gasteiger partial charge >= 0.3 is 5.97 Å². The second-order valence-corrected chi connectivity index (χ2v) is 6.90. The van der Waals surface area contributed by atoms with Crippen molar-refractivity contribution in [1.82, 2.24) is 4.90 Å². The first kappa shape index (κ1) is 20.9. The molecule has 1 aliphatic rings. The minimum atomic E-state index is -1.19. The molecular weight excluding hydrogens is 388 g/mol. The lowest BCUT2D eigenvalue weighted by Gasteiger charge is -2.22. The van der Waals surface area contributed by atoms with Crippen molar-refractivity contribution in [2.45, 2.75) is 32.9 Å². The van der Waals surface area contributed by atoms with E-state index in [-0.39, 0.29) is 16.9 Å². The molecule has 8 nitrogen and oxygen atoms in total. The van der Waals surface area contributed by atoms with Gasteiger partial charge in [0, 0.05) is 11.3 Å². The third kappa shape index (κ3) is 3.98. The monoisotopic (exact) mass is 408 g/mol. The number of Topliss-reactive ketones (excluding diaryl/α,β-unsaturated/α-hetero) is 1. The molecule has 0 unspecified atom stereocenters. The zero-order valence-electron chi connectivity index (χ0n) is 16.7. The summed E-state index contributed by atoms with van der Waals surface area (Å²) in [5, 5.41) is 2.58. The number of benzene rings is 2. The molecule has 1 heterocycles. The fraction of sp³-hybridized carbons (Fsp3) is 0.227. The molecule has 0 saturated heterocycles. The van der Waals surface area contributed by atoms with Crippen molar-refractivity contribution in [1.29, 1.82) is 0 Å². The first-order valence-corrected chi connectivity index (χ1v) is 9.30. The van der Waals surface area contributed by atoms with Gasteiger partial charge in [0.05, 0.1) is 11.1 Å². The Labute approximate surface area is 172 Å². The summed E-state index contributed by atoms with van der Waals surface area (Å²) >= 11 is 0.